The van der Waals surface area contributed by atoms with E-state index in [2.05, 4.69) is 34.6 Å². The van der Waals surface area contributed by atoms with E-state index in [0.717, 1.165) is 34.6 Å². The third-order valence-electron chi connectivity index (χ3n) is 8.84. The summed E-state index contributed by atoms with van der Waals surface area (Å²) in [7, 11) is -1.26. The Bertz CT molecular complexity index is 2480. The number of ether oxygens (including phenoxy) is 1. The predicted octanol–water partition coefficient (Wildman–Crippen LogP) is 6.43. The van der Waals surface area contributed by atoms with Crippen molar-refractivity contribution in [1.82, 2.24) is 37.8 Å². The molecule has 0 saturated carbocycles. The molecule has 0 atom stereocenters. The van der Waals surface area contributed by atoms with E-state index in [1.807, 2.05) is 49.4 Å². The quantitative estimate of drug-likeness (QED) is 0.0678. The number of H-pyrrole nitrogens is 1. The van der Waals surface area contributed by atoms with Crippen LogP contribution in [0.4, 0.5) is 0 Å². The van der Waals surface area contributed by atoms with Gasteiger partial charge in [0.25, 0.3) is 11.1 Å². The highest BCUT2D eigenvalue weighted by Crippen LogP contribution is 2.20. The molecule has 2 N–H and O–H groups in total. The number of fused-ring (bicyclic) bond motifs is 2. The van der Waals surface area contributed by atoms with Crippen LogP contribution in [0, 0.1) is 0 Å². The average molecular weight is 848 g/mol. The number of unbranched alkanes of at least 4 members (excludes halogenated alkanes) is 1. The SMILES string of the molecule is C.CCCCn1c(=O)c2c(nc(Cl)n2Cc2ccccc2)n(COCC[Si](C)(C)C)c1=O.O=c1[nH]c2nc(Cl)n(Cc3ccc(Cl)cc3)c2c(=O)n1CCCO. The molecule has 56 heavy (non-hydrogen) atoms. The lowest BCUT2D eigenvalue weighted by atomic mass is 10.2. The summed E-state index contributed by atoms with van der Waals surface area (Å²) in [5, 5.41) is 9.81. The van der Waals surface area contributed by atoms with Crippen molar-refractivity contribution in [3.05, 3.63) is 123 Å². The van der Waals surface area contributed by atoms with Crippen LogP contribution in [0.3, 0.4) is 0 Å². The Morgan fingerprint density at radius 3 is 1.96 bits per heavy atom. The molecule has 0 aliphatic heterocycles. The number of halogens is 3. The van der Waals surface area contributed by atoms with Crippen molar-refractivity contribution in [2.24, 2.45) is 0 Å². The third-order valence-corrected chi connectivity index (χ3v) is 11.4. The Morgan fingerprint density at radius 2 is 1.34 bits per heavy atom. The van der Waals surface area contributed by atoms with E-state index in [1.54, 1.807) is 16.7 Å². The van der Waals surface area contributed by atoms with Crippen LogP contribution >= 0.6 is 34.8 Å². The molecule has 0 spiro atoms. The molecule has 18 heteroatoms. The minimum atomic E-state index is -1.26. The van der Waals surface area contributed by atoms with Gasteiger partial charge in [0.05, 0.1) is 13.1 Å². The van der Waals surface area contributed by atoms with Gasteiger partial charge >= 0.3 is 11.4 Å². The van der Waals surface area contributed by atoms with Crippen molar-refractivity contribution in [1.29, 1.82) is 0 Å². The number of aromatic nitrogens is 8. The molecule has 0 unspecified atom stereocenters. The molecule has 0 radical (unpaired) electrons. The predicted molar refractivity (Wildman–Crippen MR) is 226 cm³/mol. The van der Waals surface area contributed by atoms with Crippen LogP contribution in [0.5, 0.6) is 0 Å². The number of benzene rings is 2. The smallest absolute Gasteiger partial charge is 0.334 e. The van der Waals surface area contributed by atoms with Crippen LogP contribution in [0.15, 0.2) is 73.8 Å². The first-order valence-electron chi connectivity index (χ1n) is 18.0. The number of imidazole rings is 2. The lowest BCUT2D eigenvalue weighted by molar-refractivity contribution is 0.0854. The Morgan fingerprint density at radius 1 is 0.750 bits per heavy atom. The molecule has 14 nitrogen and oxygen atoms in total. The van der Waals surface area contributed by atoms with Crippen molar-refractivity contribution in [2.45, 2.75) is 92.2 Å². The van der Waals surface area contributed by atoms with Crippen molar-refractivity contribution in [3.8, 4) is 0 Å². The first-order chi connectivity index (χ1) is 26.2. The second kappa shape index (κ2) is 19.7. The van der Waals surface area contributed by atoms with E-state index < -0.39 is 25.0 Å². The zero-order chi connectivity index (χ0) is 39.9. The summed E-state index contributed by atoms with van der Waals surface area (Å²) in [4.78, 5) is 62.1. The largest absolute Gasteiger partial charge is 0.396 e. The lowest BCUT2D eigenvalue weighted by Gasteiger charge is -2.16. The fourth-order valence-corrected chi connectivity index (χ4v) is 7.14. The van der Waals surface area contributed by atoms with Gasteiger partial charge in [-0.3, -0.25) is 28.3 Å². The Kier molecular flexibility index (Phi) is 15.7. The van der Waals surface area contributed by atoms with Crippen molar-refractivity contribution in [2.75, 3.05) is 13.2 Å². The van der Waals surface area contributed by atoms with E-state index in [1.165, 1.54) is 13.7 Å². The normalized spacial score (nSPS) is 11.5. The lowest BCUT2D eigenvalue weighted by Crippen LogP contribution is -2.41. The fourth-order valence-electron chi connectivity index (χ4n) is 5.81. The summed E-state index contributed by atoms with van der Waals surface area (Å²) in [6.07, 6.45) is 1.91. The highest BCUT2D eigenvalue weighted by molar-refractivity contribution is 6.76. The van der Waals surface area contributed by atoms with Gasteiger partial charge in [0.15, 0.2) is 22.3 Å². The molecule has 0 bridgehead atoms. The maximum Gasteiger partial charge on any atom is 0.334 e. The van der Waals surface area contributed by atoms with Crippen LogP contribution in [0.2, 0.25) is 41.3 Å². The number of aromatic amines is 1. The van der Waals surface area contributed by atoms with E-state index in [9.17, 15) is 19.2 Å². The first kappa shape index (κ1) is 44.5. The fraction of sp³-hybridized carbons (Fsp3) is 0.421. The van der Waals surface area contributed by atoms with Gasteiger partial charge in [0, 0.05) is 39.4 Å². The van der Waals surface area contributed by atoms with Gasteiger partial charge in [0.1, 0.15) is 6.73 Å². The zero-order valence-electron chi connectivity index (χ0n) is 31.2. The molecule has 4 heterocycles. The van der Waals surface area contributed by atoms with Gasteiger partial charge in [0.2, 0.25) is 10.6 Å². The molecule has 0 amide bonds. The Labute approximate surface area is 339 Å². The number of rotatable bonds is 15. The summed E-state index contributed by atoms with van der Waals surface area (Å²) >= 11 is 18.5. The monoisotopic (exact) mass is 846 g/mol. The number of nitrogens with one attached hydrogen (secondary N) is 1. The van der Waals surface area contributed by atoms with Crippen LogP contribution in [-0.4, -0.2) is 64.2 Å². The summed E-state index contributed by atoms with van der Waals surface area (Å²) < 4.78 is 12.8. The number of hydrogen-bond acceptors (Lipinski definition) is 8. The molecule has 4 aromatic heterocycles. The first-order valence-corrected chi connectivity index (χ1v) is 22.8. The topological polar surface area (TPSA) is 164 Å². The minimum Gasteiger partial charge on any atom is -0.396 e. The average Bonchev–Trinajstić information content (AvgIpc) is 3.63. The van der Waals surface area contributed by atoms with Gasteiger partial charge in [-0.05, 0) is 65.3 Å². The molecule has 0 aliphatic carbocycles. The van der Waals surface area contributed by atoms with E-state index in [-0.39, 0.29) is 60.2 Å². The van der Waals surface area contributed by atoms with Gasteiger partial charge in [-0.1, -0.05) is 94.5 Å². The highest BCUT2D eigenvalue weighted by Gasteiger charge is 2.22. The van der Waals surface area contributed by atoms with E-state index in [4.69, 9.17) is 44.6 Å². The maximum atomic E-state index is 13.3. The van der Waals surface area contributed by atoms with Crippen molar-refractivity contribution in [3.63, 3.8) is 0 Å². The van der Waals surface area contributed by atoms with E-state index >= 15 is 0 Å². The number of hydrogen-bond donors (Lipinski definition) is 2. The summed E-state index contributed by atoms with van der Waals surface area (Å²) in [6, 6.07) is 17.8. The highest BCUT2D eigenvalue weighted by atomic mass is 35.5. The number of nitrogens with zero attached hydrogens (tertiary/aromatic N) is 7. The molecule has 0 saturated heterocycles. The van der Waals surface area contributed by atoms with Gasteiger partial charge in [-0.15, -0.1) is 0 Å². The molecule has 302 valence electrons. The van der Waals surface area contributed by atoms with Gasteiger partial charge in [-0.2, -0.15) is 9.97 Å². The van der Waals surface area contributed by atoms with Gasteiger partial charge in [-0.25, -0.2) is 9.59 Å². The van der Waals surface area contributed by atoms with E-state index in [0.29, 0.717) is 43.2 Å². The zero-order valence-corrected chi connectivity index (χ0v) is 34.5. The molecule has 6 rings (SSSR count). The maximum absolute atomic E-state index is 13.3. The van der Waals surface area contributed by atoms with Crippen molar-refractivity contribution < 1.29 is 9.84 Å². The van der Waals surface area contributed by atoms with Crippen LogP contribution in [0.25, 0.3) is 22.3 Å². The van der Waals surface area contributed by atoms with Crippen molar-refractivity contribution >= 4 is 65.2 Å². The number of aliphatic hydroxyl groups excluding tert-OH is 1. The van der Waals surface area contributed by atoms with Gasteiger partial charge < -0.3 is 19.0 Å². The molecule has 0 fully saturated rings. The molecule has 2 aromatic carbocycles. The minimum absolute atomic E-state index is 0. The Hall–Kier alpha value is -4.25. The molecule has 6 aromatic rings. The summed E-state index contributed by atoms with van der Waals surface area (Å²) in [5.41, 5.74) is 1.01. The summed E-state index contributed by atoms with van der Waals surface area (Å²) in [6.45, 7) is 10.5. The second-order valence-corrected chi connectivity index (χ2v) is 21.0. The third kappa shape index (κ3) is 10.6. The summed E-state index contributed by atoms with van der Waals surface area (Å²) in [5.74, 6) is 0. The van der Waals surface area contributed by atoms with Crippen LogP contribution in [0.1, 0.15) is 44.7 Å². The van der Waals surface area contributed by atoms with Crippen LogP contribution in [-0.2, 0) is 37.6 Å². The Balaban J connectivity index is 0.000000252. The molecule has 0 aliphatic rings. The number of aliphatic hydroxyl groups is 1. The molecular formula is C38H49Cl3N8O6Si. The molecular weight excluding hydrogens is 799 g/mol. The second-order valence-electron chi connectivity index (χ2n) is 14.2. The standard InChI is InChI=1S/C22H31ClN4O3Si.C15H14Cl2N4O3.CH4/c1-5-6-12-25-20(28)18-19(27(22(25)29)16-30-13-14-31(2,3)4)24-21(23)26(18)15-17-10-8-7-9-11-17;16-10-4-2-9(3-5-10)8-21-11-12(18-14(21)17)19-15(24)20(13(11)23)6-1-7-22;/h7-11H,5-6,12-16H2,1-4H3;2-5,22H,1,6-8H2,(H,19,24);1H4. The van der Waals surface area contributed by atoms with Crippen LogP contribution < -0.4 is 22.5 Å².